The van der Waals surface area contributed by atoms with Gasteiger partial charge in [-0.1, -0.05) is 35.9 Å². The van der Waals surface area contributed by atoms with Crippen LogP contribution in [0.3, 0.4) is 0 Å². The van der Waals surface area contributed by atoms with Gasteiger partial charge in [0.1, 0.15) is 5.75 Å². The fourth-order valence-electron chi connectivity index (χ4n) is 2.47. The zero-order valence-corrected chi connectivity index (χ0v) is 16.0. The third-order valence-corrected chi connectivity index (χ3v) is 5.41. The summed E-state index contributed by atoms with van der Waals surface area (Å²) in [6.45, 7) is 6.24. The molecule has 0 heterocycles. The summed E-state index contributed by atoms with van der Waals surface area (Å²) in [7, 11) is -1.92. The number of benzene rings is 2. The van der Waals surface area contributed by atoms with Gasteiger partial charge in [0.25, 0.3) is 0 Å². The maximum atomic E-state index is 12.4. The van der Waals surface area contributed by atoms with Gasteiger partial charge in [0, 0.05) is 6.54 Å². The van der Waals surface area contributed by atoms with Gasteiger partial charge in [0.05, 0.1) is 24.7 Å². The van der Waals surface area contributed by atoms with Crippen LogP contribution in [0.25, 0.3) is 0 Å². The lowest BCUT2D eigenvalue weighted by atomic mass is 10.1. The minimum atomic E-state index is -3.53. The van der Waals surface area contributed by atoms with Crippen LogP contribution in [0.4, 0.5) is 0 Å². The van der Waals surface area contributed by atoms with Gasteiger partial charge in [-0.25, -0.2) is 13.1 Å². The topological polar surface area (TPSA) is 64.6 Å². The normalized spacial score (nSPS) is 12.5. The molecule has 0 aromatic heterocycles. The largest absolute Gasteiger partial charge is 0.497 e. The van der Waals surface area contributed by atoms with Crippen molar-refractivity contribution in [3.05, 3.63) is 72.3 Å². The fraction of sp³-hybridized carbons (Fsp3) is 0.300. The third-order valence-electron chi connectivity index (χ3n) is 3.93. The number of sulfonamides is 1. The van der Waals surface area contributed by atoms with Crippen molar-refractivity contribution in [3.8, 4) is 5.75 Å². The first kappa shape index (κ1) is 20.2. The van der Waals surface area contributed by atoms with E-state index < -0.39 is 10.0 Å². The molecule has 0 amide bonds. The molecule has 0 aliphatic rings. The maximum absolute atomic E-state index is 12.4. The van der Waals surface area contributed by atoms with Crippen molar-refractivity contribution >= 4 is 10.0 Å². The van der Waals surface area contributed by atoms with Crippen molar-refractivity contribution in [1.29, 1.82) is 0 Å². The Balaban J connectivity index is 2.01. The second-order valence-electron chi connectivity index (χ2n) is 5.88. The molecule has 0 saturated carbocycles. The van der Waals surface area contributed by atoms with E-state index in [1.165, 1.54) is 0 Å². The van der Waals surface area contributed by atoms with Gasteiger partial charge in [-0.05, 0) is 43.2 Å². The maximum Gasteiger partial charge on any atom is 0.240 e. The number of aryl methyl sites for hydroxylation is 1. The van der Waals surface area contributed by atoms with Gasteiger partial charge < -0.3 is 9.47 Å². The summed E-state index contributed by atoms with van der Waals surface area (Å²) in [6, 6.07) is 14.3. The van der Waals surface area contributed by atoms with E-state index in [0.29, 0.717) is 13.0 Å². The van der Waals surface area contributed by atoms with Crippen molar-refractivity contribution in [1.82, 2.24) is 4.72 Å². The molecular weight excluding hydrogens is 350 g/mol. The molecule has 26 heavy (non-hydrogen) atoms. The number of ether oxygens (including phenoxy) is 2. The van der Waals surface area contributed by atoms with Gasteiger partial charge in [-0.3, -0.25) is 0 Å². The number of methoxy groups -OCH3 is 1. The zero-order valence-electron chi connectivity index (χ0n) is 15.1. The Morgan fingerprint density at radius 1 is 1.12 bits per heavy atom. The molecule has 140 valence electrons. The standard InChI is InChI=1S/C20H25NO4S/c1-4-15-25-20(17-7-9-18(24-3)10-8-17)13-14-21-26(22,23)19-11-5-16(2)6-12-19/h4-12,20-21H,1,13-15H2,2-3H3. The highest BCUT2D eigenvalue weighted by Crippen LogP contribution is 2.23. The Labute approximate surface area is 155 Å². The monoisotopic (exact) mass is 375 g/mol. The average Bonchev–Trinajstić information content (AvgIpc) is 2.65. The highest BCUT2D eigenvalue weighted by Gasteiger charge is 2.16. The van der Waals surface area contributed by atoms with Crippen LogP contribution in [0, 0.1) is 6.92 Å². The van der Waals surface area contributed by atoms with Crippen molar-refractivity contribution < 1.29 is 17.9 Å². The lowest BCUT2D eigenvalue weighted by Gasteiger charge is -2.18. The van der Waals surface area contributed by atoms with Gasteiger partial charge in [0.15, 0.2) is 0 Å². The van der Waals surface area contributed by atoms with Gasteiger partial charge >= 0.3 is 0 Å². The van der Waals surface area contributed by atoms with Crippen LogP contribution in [-0.2, 0) is 14.8 Å². The summed E-state index contributed by atoms with van der Waals surface area (Å²) in [5.41, 5.74) is 1.98. The van der Waals surface area contributed by atoms with E-state index in [0.717, 1.165) is 16.9 Å². The molecule has 0 radical (unpaired) electrons. The predicted molar refractivity (Wildman–Crippen MR) is 103 cm³/mol. The molecule has 0 spiro atoms. The molecule has 6 heteroatoms. The number of nitrogens with one attached hydrogen (secondary N) is 1. The Bertz CT molecular complexity index is 799. The lowest BCUT2D eigenvalue weighted by molar-refractivity contribution is 0.0687. The molecule has 2 aromatic carbocycles. The minimum absolute atomic E-state index is 0.236. The SMILES string of the molecule is C=CCOC(CCNS(=O)(=O)c1ccc(C)cc1)c1ccc(OC)cc1. The first-order chi connectivity index (χ1) is 12.5. The van der Waals surface area contributed by atoms with Crippen LogP contribution >= 0.6 is 0 Å². The summed E-state index contributed by atoms with van der Waals surface area (Å²) >= 11 is 0. The van der Waals surface area contributed by atoms with Crippen LogP contribution in [0.5, 0.6) is 5.75 Å². The molecule has 1 atom stereocenters. The van der Waals surface area contributed by atoms with Gasteiger partial charge in [-0.15, -0.1) is 6.58 Å². The molecule has 0 saturated heterocycles. The molecule has 1 unspecified atom stereocenters. The van der Waals surface area contributed by atoms with Crippen molar-refractivity contribution in [2.24, 2.45) is 0 Å². The highest BCUT2D eigenvalue weighted by molar-refractivity contribution is 7.89. The Morgan fingerprint density at radius 2 is 1.77 bits per heavy atom. The van der Waals surface area contributed by atoms with E-state index in [1.54, 1.807) is 37.5 Å². The Hall–Kier alpha value is -2.15. The molecule has 2 rings (SSSR count). The first-order valence-electron chi connectivity index (χ1n) is 8.39. The second kappa shape index (κ2) is 9.52. The van der Waals surface area contributed by atoms with Crippen LogP contribution < -0.4 is 9.46 Å². The molecule has 1 N–H and O–H groups in total. The van der Waals surface area contributed by atoms with Crippen LogP contribution in [0.2, 0.25) is 0 Å². The Kier molecular flexibility index (Phi) is 7.38. The molecule has 0 aliphatic carbocycles. The van der Waals surface area contributed by atoms with E-state index in [2.05, 4.69) is 11.3 Å². The molecule has 2 aromatic rings. The van der Waals surface area contributed by atoms with Crippen LogP contribution in [0.15, 0.2) is 66.1 Å². The summed E-state index contributed by atoms with van der Waals surface area (Å²) < 4.78 is 38.3. The quantitative estimate of drug-likeness (QED) is 0.644. The molecule has 5 nitrogen and oxygen atoms in total. The van der Waals surface area contributed by atoms with Crippen molar-refractivity contribution in [2.75, 3.05) is 20.3 Å². The Morgan fingerprint density at radius 3 is 2.35 bits per heavy atom. The highest BCUT2D eigenvalue weighted by atomic mass is 32.2. The number of hydrogen-bond donors (Lipinski definition) is 1. The third kappa shape index (κ3) is 5.69. The summed E-state index contributed by atoms with van der Waals surface area (Å²) in [5.74, 6) is 0.760. The molecule has 0 aliphatic heterocycles. The van der Waals surface area contributed by atoms with Gasteiger partial charge in [-0.2, -0.15) is 0 Å². The van der Waals surface area contributed by atoms with E-state index in [9.17, 15) is 8.42 Å². The minimum Gasteiger partial charge on any atom is -0.497 e. The average molecular weight is 375 g/mol. The van der Waals surface area contributed by atoms with Crippen molar-refractivity contribution in [3.63, 3.8) is 0 Å². The second-order valence-corrected chi connectivity index (χ2v) is 7.65. The van der Waals surface area contributed by atoms with E-state index >= 15 is 0 Å². The summed E-state index contributed by atoms with van der Waals surface area (Å²) in [4.78, 5) is 0.260. The smallest absolute Gasteiger partial charge is 0.240 e. The molecule has 0 bridgehead atoms. The van der Waals surface area contributed by atoms with Crippen LogP contribution in [0.1, 0.15) is 23.7 Å². The van der Waals surface area contributed by atoms with E-state index in [-0.39, 0.29) is 17.5 Å². The van der Waals surface area contributed by atoms with Crippen LogP contribution in [-0.4, -0.2) is 28.7 Å². The summed E-state index contributed by atoms with van der Waals surface area (Å²) in [6.07, 6.45) is 1.94. The zero-order chi connectivity index (χ0) is 19.0. The summed E-state index contributed by atoms with van der Waals surface area (Å²) in [5, 5.41) is 0. The predicted octanol–water partition coefficient (Wildman–Crippen LogP) is 3.62. The number of hydrogen-bond acceptors (Lipinski definition) is 4. The fourth-order valence-corrected chi connectivity index (χ4v) is 3.52. The number of rotatable bonds is 10. The van der Waals surface area contributed by atoms with Gasteiger partial charge in [0.2, 0.25) is 10.0 Å². The van der Waals surface area contributed by atoms with Crippen molar-refractivity contribution in [2.45, 2.75) is 24.3 Å². The van der Waals surface area contributed by atoms with E-state index in [1.807, 2.05) is 31.2 Å². The first-order valence-corrected chi connectivity index (χ1v) is 9.87. The molecular formula is C20H25NO4S. The molecule has 0 fully saturated rings. The van der Waals surface area contributed by atoms with E-state index in [4.69, 9.17) is 9.47 Å². The lowest BCUT2D eigenvalue weighted by Crippen LogP contribution is -2.26.